The minimum absolute atomic E-state index is 0.301. The molecular weight excluding hydrogens is 382 g/mol. The van der Waals surface area contributed by atoms with Crippen molar-refractivity contribution in [1.82, 2.24) is 0 Å². The highest BCUT2D eigenvalue weighted by Crippen LogP contribution is 2.36. The van der Waals surface area contributed by atoms with E-state index in [1.807, 2.05) is 42.7 Å². The Morgan fingerprint density at radius 3 is 2.67 bits per heavy atom. The first-order valence-electron chi connectivity index (χ1n) is 8.25. The highest BCUT2D eigenvalue weighted by Gasteiger charge is 2.17. The SMILES string of the molecule is COc1cc2c(cc1NC(=O)c1cc(SC)ccc1Cl)oc1ccccc12. The summed E-state index contributed by atoms with van der Waals surface area (Å²) in [6, 6.07) is 16.8. The maximum absolute atomic E-state index is 12.8. The monoisotopic (exact) mass is 397 g/mol. The Balaban J connectivity index is 1.77. The molecule has 4 rings (SSSR count). The fourth-order valence-electron chi connectivity index (χ4n) is 3.01. The minimum Gasteiger partial charge on any atom is -0.495 e. The molecule has 0 aliphatic heterocycles. The number of anilines is 1. The maximum atomic E-state index is 12.8. The Labute approximate surface area is 165 Å². The molecular formula is C21H16ClNO3S. The first-order valence-corrected chi connectivity index (χ1v) is 9.85. The average Bonchev–Trinajstić information content (AvgIpc) is 3.05. The number of carbonyl (C=O) groups excluding carboxylic acids is 1. The lowest BCUT2D eigenvalue weighted by Crippen LogP contribution is -2.13. The van der Waals surface area contributed by atoms with Gasteiger partial charge in [-0.2, -0.15) is 0 Å². The van der Waals surface area contributed by atoms with Crippen molar-refractivity contribution in [2.75, 3.05) is 18.7 Å². The van der Waals surface area contributed by atoms with Gasteiger partial charge < -0.3 is 14.5 Å². The number of nitrogens with one attached hydrogen (secondary N) is 1. The minimum atomic E-state index is -0.301. The number of benzene rings is 3. The second kappa shape index (κ2) is 7.18. The Kier molecular flexibility index (Phi) is 4.72. The average molecular weight is 398 g/mol. The third kappa shape index (κ3) is 3.24. The van der Waals surface area contributed by atoms with Gasteiger partial charge in [0.25, 0.3) is 5.91 Å². The van der Waals surface area contributed by atoms with Gasteiger partial charge in [0.1, 0.15) is 16.9 Å². The molecule has 3 aromatic carbocycles. The van der Waals surface area contributed by atoms with Gasteiger partial charge in [-0.25, -0.2) is 0 Å². The lowest BCUT2D eigenvalue weighted by atomic mass is 10.1. The summed E-state index contributed by atoms with van der Waals surface area (Å²) in [6.07, 6.45) is 1.95. The fourth-order valence-corrected chi connectivity index (χ4v) is 3.66. The van der Waals surface area contributed by atoms with Crippen LogP contribution >= 0.6 is 23.4 Å². The smallest absolute Gasteiger partial charge is 0.257 e. The first kappa shape index (κ1) is 17.8. The number of halogens is 1. The largest absolute Gasteiger partial charge is 0.495 e. The van der Waals surface area contributed by atoms with Crippen molar-refractivity contribution in [3.63, 3.8) is 0 Å². The number of amides is 1. The van der Waals surface area contributed by atoms with Crippen molar-refractivity contribution in [3.8, 4) is 5.75 Å². The summed E-state index contributed by atoms with van der Waals surface area (Å²) in [5.41, 5.74) is 2.40. The number of furan rings is 1. The van der Waals surface area contributed by atoms with Crippen molar-refractivity contribution >= 4 is 56.9 Å². The van der Waals surface area contributed by atoms with Crippen molar-refractivity contribution < 1.29 is 13.9 Å². The van der Waals surface area contributed by atoms with Crippen LogP contribution in [0.3, 0.4) is 0 Å². The number of ether oxygens (including phenoxy) is 1. The normalized spacial score (nSPS) is 11.1. The van der Waals surface area contributed by atoms with Crippen molar-refractivity contribution in [2.24, 2.45) is 0 Å². The number of methoxy groups -OCH3 is 1. The molecule has 6 heteroatoms. The molecule has 0 unspecified atom stereocenters. The van der Waals surface area contributed by atoms with Gasteiger partial charge in [-0.05, 0) is 36.6 Å². The van der Waals surface area contributed by atoms with Crippen LogP contribution in [-0.4, -0.2) is 19.3 Å². The van der Waals surface area contributed by atoms with E-state index in [-0.39, 0.29) is 5.91 Å². The number of hydrogen-bond donors (Lipinski definition) is 1. The molecule has 0 saturated carbocycles. The van der Waals surface area contributed by atoms with E-state index >= 15 is 0 Å². The summed E-state index contributed by atoms with van der Waals surface area (Å²) in [4.78, 5) is 13.8. The Hall–Kier alpha value is -2.63. The van der Waals surface area contributed by atoms with Crippen LogP contribution in [0.2, 0.25) is 5.02 Å². The molecule has 0 aliphatic rings. The van der Waals surface area contributed by atoms with Crippen molar-refractivity contribution in [2.45, 2.75) is 4.90 Å². The lowest BCUT2D eigenvalue weighted by molar-refractivity contribution is 0.102. The van der Waals surface area contributed by atoms with E-state index in [9.17, 15) is 4.79 Å². The molecule has 0 atom stereocenters. The van der Waals surface area contributed by atoms with E-state index in [2.05, 4.69) is 5.32 Å². The predicted octanol–water partition coefficient (Wildman–Crippen LogP) is 6.22. The van der Waals surface area contributed by atoms with Gasteiger partial charge >= 0.3 is 0 Å². The Morgan fingerprint density at radius 2 is 1.89 bits per heavy atom. The molecule has 1 N–H and O–H groups in total. The number of fused-ring (bicyclic) bond motifs is 3. The summed E-state index contributed by atoms with van der Waals surface area (Å²) < 4.78 is 11.4. The molecule has 136 valence electrons. The van der Waals surface area contributed by atoms with Crippen LogP contribution in [0.15, 0.2) is 63.9 Å². The van der Waals surface area contributed by atoms with Crippen LogP contribution in [0.4, 0.5) is 5.69 Å². The number of rotatable bonds is 4. The molecule has 1 aromatic heterocycles. The third-order valence-corrected chi connectivity index (χ3v) is 5.42. The van der Waals surface area contributed by atoms with Crippen LogP contribution in [0.25, 0.3) is 21.9 Å². The van der Waals surface area contributed by atoms with Gasteiger partial charge in [0, 0.05) is 21.7 Å². The zero-order valence-corrected chi connectivity index (χ0v) is 16.3. The molecule has 0 saturated heterocycles. The van der Waals surface area contributed by atoms with Crippen molar-refractivity contribution in [3.05, 3.63) is 65.2 Å². The summed E-state index contributed by atoms with van der Waals surface area (Å²) in [5, 5.41) is 5.22. The van der Waals surface area contributed by atoms with Crippen LogP contribution in [0.5, 0.6) is 5.75 Å². The highest BCUT2D eigenvalue weighted by molar-refractivity contribution is 7.98. The van der Waals surface area contributed by atoms with E-state index < -0.39 is 0 Å². The standard InChI is InChI=1S/C21H16ClNO3S/c1-25-20-10-14-13-5-3-4-6-18(13)26-19(14)11-17(20)23-21(24)15-9-12(27-2)7-8-16(15)22/h3-11H,1-2H3,(H,23,24). The number of hydrogen-bond acceptors (Lipinski definition) is 4. The molecule has 1 amide bonds. The lowest BCUT2D eigenvalue weighted by Gasteiger charge is -2.12. The van der Waals surface area contributed by atoms with E-state index in [4.69, 9.17) is 20.8 Å². The number of para-hydroxylation sites is 1. The van der Waals surface area contributed by atoms with Crippen molar-refractivity contribution in [1.29, 1.82) is 0 Å². The van der Waals surface area contributed by atoms with Crippen LogP contribution in [0, 0.1) is 0 Å². The molecule has 0 radical (unpaired) electrons. The van der Waals surface area contributed by atoms with E-state index in [0.717, 1.165) is 21.3 Å². The first-order chi connectivity index (χ1) is 13.1. The molecule has 27 heavy (non-hydrogen) atoms. The Morgan fingerprint density at radius 1 is 1.07 bits per heavy atom. The summed E-state index contributed by atoms with van der Waals surface area (Å²) in [7, 11) is 1.57. The molecule has 0 fully saturated rings. The van der Waals surface area contributed by atoms with Crippen LogP contribution in [-0.2, 0) is 0 Å². The highest BCUT2D eigenvalue weighted by atomic mass is 35.5. The summed E-state index contributed by atoms with van der Waals surface area (Å²) >= 11 is 7.77. The fraction of sp³-hybridized carbons (Fsp3) is 0.0952. The predicted molar refractivity (Wildman–Crippen MR) is 111 cm³/mol. The van der Waals surface area contributed by atoms with Gasteiger partial charge in [-0.15, -0.1) is 11.8 Å². The van der Waals surface area contributed by atoms with Gasteiger partial charge in [0.05, 0.1) is 23.4 Å². The molecule has 0 bridgehead atoms. The number of carbonyl (C=O) groups is 1. The maximum Gasteiger partial charge on any atom is 0.257 e. The van der Waals surface area contributed by atoms with Gasteiger partial charge in [0.15, 0.2) is 0 Å². The second-order valence-corrected chi connectivity index (χ2v) is 7.23. The van der Waals surface area contributed by atoms with Gasteiger partial charge in [0.2, 0.25) is 0 Å². The molecule has 4 aromatic rings. The molecule has 0 aliphatic carbocycles. The van der Waals surface area contributed by atoms with Crippen LogP contribution < -0.4 is 10.1 Å². The van der Waals surface area contributed by atoms with E-state index in [0.29, 0.717) is 27.6 Å². The topological polar surface area (TPSA) is 51.5 Å². The summed E-state index contributed by atoms with van der Waals surface area (Å²) in [5.74, 6) is 0.254. The zero-order chi connectivity index (χ0) is 19.0. The van der Waals surface area contributed by atoms with Gasteiger partial charge in [-0.1, -0.05) is 29.8 Å². The number of thioether (sulfide) groups is 1. The van der Waals surface area contributed by atoms with Crippen LogP contribution in [0.1, 0.15) is 10.4 Å². The molecule has 4 nitrogen and oxygen atoms in total. The van der Waals surface area contributed by atoms with Gasteiger partial charge in [-0.3, -0.25) is 4.79 Å². The Bertz CT molecular complexity index is 1170. The summed E-state index contributed by atoms with van der Waals surface area (Å²) in [6.45, 7) is 0. The third-order valence-electron chi connectivity index (χ3n) is 4.37. The van der Waals surface area contributed by atoms with E-state index in [1.54, 1.807) is 37.1 Å². The zero-order valence-electron chi connectivity index (χ0n) is 14.7. The quantitative estimate of drug-likeness (QED) is 0.415. The molecule has 0 spiro atoms. The second-order valence-electron chi connectivity index (χ2n) is 5.95. The molecule has 1 heterocycles. The van der Waals surface area contributed by atoms with E-state index in [1.165, 1.54) is 0 Å².